The van der Waals surface area contributed by atoms with E-state index in [0.717, 1.165) is 32.4 Å². The number of carbonyl (C=O) groups excluding carboxylic acids is 1. The lowest BCUT2D eigenvalue weighted by molar-refractivity contribution is -0.120. The van der Waals surface area contributed by atoms with Crippen molar-refractivity contribution in [2.75, 3.05) is 26.7 Å². The molecule has 1 aliphatic rings. The molecule has 1 amide bonds. The van der Waals surface area contributed by atoms with Gasteiger partial charge in [0.2, 0.25) is 5.91 Å². The Bertz CT molecular complexity index is 191. The summed E-state index contributed by atoms with van der Waals surface area (Å²) >= 11 is 0. The summed E-state index contributed by atoms with van der Waals surface area (Å²) in [6.07, 6.45) is 3.70. The number of carbonyl (C=O) groups is 1. The molecule has 1 rings (SSSR count). The molecule has 0 bridgehead atoms. The molecule has 82 valence electrons. The Morgan fingerprint density at radius 1 is 1.50 bits per heavy atom. The predicted molar refractivity (Wildman–Crippen MR) is 54.9 cm³/mol. The van der Waals surface area contributed by atoms with Crippen molar-refractivity contribution in [2.24, 2.45) is 5.41 Å². The van der Waals surface area contributed by atoms with E-state index in [1.54, 1.807) is 7.05 Å². The van der Waals surface area contributed by atoms with Crippen molar-refractivity contribution in [3.05, 3.63) is 0 Å². The first-order valence-corrected chi connectivity index (χ1v) is 5.25. The molecule has 0 aromatic rings. The third-order valence-corrected chi connectivity index (χ3v) is 2.83. The number of rotatable bonds is 7. The van der Waals surface area contributed by atoms with Crippen LogP contribution in [0.4, 0.5) is 0 Å². The number of amides is 1. The van der Waals surface area contributed by atoms with Gasteiger partial charge in [0.15, 0.2) is 0 Å². The molecule has 1 fully saturated rings. The molecular weight excluding hydrogens is 180 g/mol. The molecule has 0 saturated heterocycles. The molecule has 0 aromatic heterocycles. The van der Waals surface area contributed by atoms with E-state index >= 15 is 0 Å². The van der Waals surface area contributed by atoms with Crippen LogP contribution in [0.2, 0.25) is 0 Å². The highest BCUT2D eigenvalue weighted by Crippen LogP contribution is 2.44. The summed E-state index contributed by atoms with van der Waals surface area (Å²) in [5, 5.41) is 14.9. The second-order valence-electron chi connectivity index (χ2n) is 4.11. The van der Waals surface area contributed by atoms with Gasteiger partial charge in [0.05, 0.1) is 0 Å². The lowest BCUT2D eigenvalue weighted by atomic mass is 10.1. The van der Waals surface area contributed by atoms with Crippen LogP contribution in [0.25, 0.3) is 0 Å². The molecule has 4 heteroatoms. The highest BCUT2D eigenvalue weighted by atomic mass is 16.3. The number of aliphatic hydroxyl groups is 1. The zero-order valence-electron chi connectivity index (χ0n) is 8.81. The zero-order valence-corrected chi connectivity index (χ0v) is 8.81. The molecule has 0 aliphatic heterocycles. The van der Waals surface area contributed by atoms with Gasteiger partial charge in [-0.15, -0.1) is 0 Å². The fourth-order valence-electron chi connectivity index (χ4n) is 1.42. The van der Waals surface area contributed by atoms with Crippen LogP contribution in [-0.4, -0.2) is 37.8 Å². The second kappa shape index (κ2) is 5.32. The Morgan fingerprint density at radius 3 is 2.71 bits per heavy atom. The van der Waals surface area contributed by atoms with Gasteiger partial charge in [-0.3, -0.25) is 4.79 Å². The molecule has 0 spiro atoms. The molecular formula is C10H20N2O2. The van der Waals surface area contributed by atoms with Crippen LogP contribution in [-0.2, 0) is 4.79 Å². The Hall–Kier alpha value is -0.610. The van der Waals surface area contributed by atoms with Crippen LogP contribution in [0.15, 0.2) is 0 Å². The maximum Gasteiger partial charge on any atom is 0.219 e. The average Bonchev–Trinajstić information content (AvgIpc) is 2.98. The second-order valence-corrected chi connectivity index (χ2v) is 4.11. The van der Waals surface area contributed by atoms with Crippen LogP contribution in [0.1, 0.15) is 25.7 Å². The predicted octanol–water partition coefficient (Wildman–Crippen LogP) is -0.125. The van der Waals surface area contributed by atoms with E-state index in [9.17, 15) is 4.79 Å². The van der Waals surface area contributed by atoms with E-state index < -0.39 is 0 Å². The van der Waals surface area contributed by atoms with Crippen LogP contribution in [0.5, 0.6) is 0 Å². The average molecular weight is 200 g/mol. The molecule has 4 nitrogen and oxygen atoms in total. The van der Waals surface area contributed by atoms with Gasteiger partial charge in [0, 0.05) is 32.0 Å². The summed E-state index contributed by atoms with van der Waals surface area (Å²) in [6.45, 7) is 2.03. The monoisotopic (exact) mass is 200 g/mol. The van der Waals surface area contributed by atoms with Crippen LogP contribution >= 0.6 is 0 Å². The van der Waals surface area contributed by atoms with Crippen molar-refractivity contribution < 1.29 is 9.90 Å². The quantitative estimate of drug-likeness (QED) is 0.502. The summed E-state index contributed by atoms with van der Waals surface area (Å²) in [6, 6.07) is 0. The van der Waals surface area contributed by atoms with Gasteiger partial charge in [0.25, 0.3) is 0 Å². The highest BCUT2D eigenvalue weighted by molar-refractivity contribution is 5.75. The van der Waals surface area contributed by atoms with E-state index in [-0.39, 0.29) is 17.9 Å². The van der Waals surface area contributed by atoms with E-state index in [1.807, 2.05) is 0 Å². The minimum absolute atomic E-state index is 0.0927. The molecule has 0 radical (unpaired) electrons. The maximum absolute atomic E-state index is 10.9. The Balaban J connectivity index is 1.92. The summed E-state index contributed by atoms with van der Waals surface area (Å²) in [5.74, 6) is 0.0927. The third-order valence-electron chi connectivity index (χ3n) is 2.83. The van der Waals surface area contributed by atoms with Crippen molar-refractivity contribution >= 4 is 5.91 Å². The van der Waals surface area contributed by atoms with E-state index in [1.165, 1.54) is 0 Å². The van der Waals surface area contributed by atoms with Crippen molar-refractivity contribution in [1.29, 1.82) is 0 Å². The van der Waals surface area contributed by atoms with Crippen molar-refractivity contribution in [1.82, 2.24) is 10.6 Å². The summed E-state index contributed by atoms with van der Waals surface area (Å²) < 4.78 is 0. The molecule has 14 heavy (non-hydrogen) atoms. The molecule has 1 aliphatic carbocycles. The molecule has 0 atom stereocenters. The lowest BCUT2D eigenvalue weighted by Crippen LogP contribution is -2.28. The number of nitrogens with one attached hydrogen (secondary N) is 2. The van der Waals surface area contributed by atoms with Crippen molar-refractivity contribution in [3.63, 3.8) is 0 Å². The zero-order chi connectivity index (χ0) is 10.4. The Morgan fingerprint density at radius 2 is 2.21 bits per heavy atom. The van der Waals surface area contributed by atoms with Gasteiger partial charge in [-0.1, -0.05) is 0 Å². The van der Waals surface area contributed by atoms with Crippen molar-refractivity contribution in [3.8, 4) is 0 Å². The minimum Gasteiger partial charge on any atom is -0.396 e. The van der Waals surface area contributed by atoms with Crippen LogP contribution in [0, 0.1) is 5.41 Å². The first-order valence-electron chi connectivity index (χ1n) is 5.25. The van der Waals surface area contributed by atoms with Crippen LogP contribution in [0.3, 0.4) is 0 Å². The molecule has 0 unspecified atom stereocenters. The summed E-state index contributed by atoms with van der Waals surface area (Å²) in [5.41, 5.74) is 0.174. The largest absolute Gasteiger partial charge is 0.396 e. The van der Waals surface area contributed by atoms with Gasteiger partial charge < -0.3 is 15.7 Å². The van der Waals surface area contributed by atoms with Gasteiger partial charge >= 0.3 is 0 Å². The fraction of sp³-hybridized carbons (Fsp3) is 0.900. The van der Waals surface area contributed by atoms with Gasteiger partial charge in [-0.05, 0) is 25.8 Å². The standard InChI is InChI=1S/C10H20N2O2/c1-11-9(14)3-2-6-12-7-10(8-13)4-5-10/h12-13H,2-8H2,1H3,(H,11,14). The molecule has 1 saturated carbocycles. The SMILES string of the molecule is CNC(=O)CCCNCC1(CO)CC1. The molecule has 3 N–H and O–H groups in total. The smallest absolute Gasteiger partial charge is 0.219 e. The first-order chi connectivity index (χ1) is 6.72. The number of hydrogen-bond acceptors (Lipinski definition) is 3. The van der Waals surface area contributed by atoms with E-state index in [4.69, 9.17) is 5.11 Å². The van der Waals surface area contributed by atoms with Gasteiger partial charge in [-0.2, -0.15) is 0 Å². The van der Waals surface area contributed by atoms with E-state index in [2.05, 4.69) is 10.6 Å². The maximum atomic E-state index is 10.9. The first kappa shape index (κ1) is 11.5. The normalized spacial score (nSPS) is 17.9. The summed E-state index contributed by atoms with van der Waals surface area (Å²) in [4.78, 5) is 10.9. The highest BCUT2D eigenvalue weighted by Gasteiger charge is 2.41. The Kier molecular flexibility index (Phi) is 4.35. The minimum atomic E-state index is 0.0927. The topological polar surface area (TPSA) is 61.4 Å². The fourth-order valence-corrected chi connectivity index (χ4v) is 1.42. The van der Waals surface area contributed by atoms with Crippen molar-refractivity contribution in [2.45, 2.75) is 25.7 Å². The number of aliphatic hydroxyl groups excluding tert-OH is 1. The third kappa shape index (κ3) is 3.64. The lowest BCUT2D eigenvalue weighted by Gasteiger charge is -2.12. The summed E-state index contributed by atoms with van der Waals surface area (Å²) in [7, 11) is 1.65. The van der Waals surface area contributed by atoms with E-state index in [0.29, 0.717) is 6.42 Å². The van der Waals surface area contributed by atoms with Gasteiger partial charge in [-0.25, -0.2) is 0 Å². The van der Waals surface area contributed by atoms with Crippen LogP contribution < -0.4 is 10.6 Å². The number of hydrogen-bond donors (Lipinski definition) is 3. The molecule has 0 heterocycles. The Labute approximate surface area is 85.1 Å². The van der Waals surface area contributed by atoms with Gasteiger partial charge in [0.1, 0.15) is 0 Å². The molecule has 0 aromatic carbocycles.